The van der Waals surface area contributed by atoms with E-state index >= 15 is 0 Å². The van der Waals surface area contributed by atoms with Crippen LogP contribution in [0.1, 0.15) is 80.1 Å². The van der Waals surface area contributed by atoms with Gasteiger partial charge in [0.2, 0.25) is 0 Å². The number of ether oxygens (including phenoxy) is 1. The van der Waals surface area contributed by atoms with E-state index in [-0.39, 0.29) is 55.2 Å². The molecule has 0 heterocycles. The Kier molecular flexibility index (Phi) is 14.2. The minimum atomic E-state index is -0.252. The smallest absolute Gasteiger partial charge is 0.111 e. The first-order valence-corrected chi connectivity index (χ1v) is 8.90. The fourth-order valence-electron chi connectivity index (χ4n) is 2.74. The molecule has 0 aromatic carbocycles. The number of hydrogen-bond acceptors (Lipinski definition) is 2. The molecule has 1 aliphatic rings. The van der Waals surface area contributed by atoms with Gasteiger partial charge in [-0.3, -0.25) is 0 Å². The molecule has 0 saturated carbocycles. The molecule has 2 unspecified atom stereocenters. The van der Waals surface area contributed by atoms with Crippen LogP contribution in [0.2, 0.25) is 0 Å². The van der Waals surface area contributed by atoms with Crippen LogP contribution in [0.4, 0.5) is 0 Å². The fraction of sp³-hybridized carbons (Fsp3) is 0.762. The maximum atomic E-state index is 11.8. The molecule has 1 aliphatic carbocycles. The summed E-state index contributed by atoms with van der Waals surface area (Å²) in [4.78, 5) is 11.8. The van der Waals surface area contributed by atoms with E-state index in [1.165, 1.54) is 19.3 Å². The van der Waals surface area contributed by atoms with Crippen LogP contribution in [-0.4, -0.2) is 11.9 Å². The Morgan fingerprint density at radius 2 is 1.67 bits per heavy atom. The van der Waals surface area contributed by atoms with Gasteiger partial charge in [0, 0.05) is 44.2 Å². The Bertz CT molecular complexity index is 361. The van der Waals surface area contributed by atoms with Crippen molar-refractivity contribution in [3.8, 4) is 0 Å². The van der Waals surface area contributed by atoms with Crippen molar-refractivity contribution in [2.45, 2.75) is 86.2 Å². The van der Waals surface area contributed by atoms with Gasteiger partial charge in [0.15, 0.2) is 0 Å². The van der Waals surface area contributed by atoms with Crippen LogP contribution in [0.15, 0.2) is 12.2 Å². The predicted molar refractivity (Wildman–Crippen MR) is 99.8 cm³/mol. The van der Waals surface area contributed by atoms with Crippen molar-refractivity contribution in [2.24, 2.45) is 16.7 Å². The Hall–Kier alpha value is 0.474. The second kappa shape index (κ2) is 12.8. The standard InChI is InChI=1S/C12H23O.C9H15O.Y/c1-9(8-11(2,3)4)10(13)12(5,6)7;1-10-9-7-5-3-2-4-6-8-9;/h9H,1,8H2,2-7H3;2-3,9H,1,4-8H2;/q2*-1;/b;3-2+;. The Balaban J connectivity index is 0. The second-order valence-corrected chi connectivity index (χ2v) is 8.84. The summed E-state index contributed by atoms with van der Waals surface area (Å²) in [6.07, 6.45) is 11.7. The largest absolute Gasteiger partial charge is 0.553 e. The molecule has 0 bridgehead atoms. The van der Waals surface area contributed by atoms with Gasteiger partial charge in [-0.2, -0.15) is 0 Å². The van der Waals surface area contributed by atoms with E-state index in [2.05, 4.69) is 47.0 Å². The molecular weight excluding hydrogens is 373 g/mol. The summed E-state index contributed by atoms with van der Waals surface area (Å²) in [6.45, 7) is 16.2. The van der Waals surface area contributed by atoms with Gasteiger partial charge in [-0.1, -0.05) is 60.1 Å². The minimum Gasteiger partial charge on any atom is -0.553 e. The first kappa shape index (κ1) is 26.7. The van der Waals surface area contributed by atoms with E-state index in [9.17, 15) is 4.79 Å². The van der Waals surface area contributed by atoms with Crippen LogP contribution in [-0.2, 0) is 42.2 Å². The van der Waals surface area contributed by atoms with E-state index in [0.717, 1.165) is 19.3 Å². The predicted octanol–water partition coefficient (Wildman–Crippen LogP) is 6.17. The second-order valence-electron chi connectivity index (χ2n) is 8.84. The van der Waals surface area contributed by atoms with Crippen molar-refractivity contribution in [1.82, 2.24) is 0 Å². The van der Waals surface area contributed by atoms with E-state index in [4.69, 9.17) is 4.74 Å². The van der Waals surface area contributed by atoms with Gasteiger partial charge in [-0.15, -0.1) is 5.92 Å². The molecule has 3 heteroatoms. The zero-order valence-corrected chi connectivity index (χ0v) is 19.7. The third-order valence-electron chi connectivity index (χ3n) is 3.92. The van der Waals surface area contributed by atoms with Crippen molar-refractivity contribution in [3.05, 3.63) is 26.2 Å². The molecule has 0 aromatic rings. The van der Waals surface area contributed by atoms with E-state index < -0.39 is 0 Å². The van der Waals surface area contributed by atoms with Crippen molar-refractivity contribution in [3.63, 3.8) is 0 Å². The third-order valence-corrected chi connectivity index (χ3v) is 3.92. The van der Waals surface area contributed by atoms with Crippen LogP contribution in [0.3, 0.4) is 0 Å². The summed E-state index contributed by atoms with van der Waals surface area (Å²) in [5.41, 5.74) is -0.0645. The molecule has 0 spiro atoms. The number of rotatable bonds is 3. The minimum absolute atomic E-state index is 0. The summed E-state index contributed by atoms with van der Waals surface area (Å²) in [5.74, 6) is 0.197. The molecule has 0 amide bonds. The zero-order valence-electron chi connectivity index (χ0n) is 16.9. The normalized spacial score (nSPS) is 21.2. The molecule has 0 fully saturated rings. The fourth-order valence-corrected chi connectivity index (χ4v) is 2.74. The summed E-state index contributed by atoms with van der Waals surface area (Å²) in [6, 6.07) is 0. The molecule has 24 heavy (non-hydrogen) atoms. The van der Waals surface area contributed by atoms with Gasteiger partial charge in [0.05, 0.1) is 0 Å². The Labute approximate surface area is 176 Å². The number of allylic oxidation sites excluding steroid dienone is 2. The Morgan fingerprint density at radius 1 is 1.12 bits per heavy atom. The van der Waals surface area contributed by atoms with Crippen LogP contribution < -0.4 is 0 Å². The van der Waals surface area contributed by atoms with Crippen LogP contribution >= 0.6 is 0 Å². The van der Waals surface area contributed by atoms with Crippen molar-refractivity contribution in [1.29, 1.82) is 0 Å². The van der Waals surface area contributed by atoms with Crippen LogP contribution in [0.5, 0.6) is 0 Å². The molecule has 0 saturated heterocycles. The van der Waals surface area contributed by atoms with E-state index in [0.29, 0.717) is 6.10 Å². The van der Waals surface area contributed by atoms with E-state index in [1.807, 2.05) is 20.8 Å². The monoisotopic (exact) mass is 411 g/mol. The first-order chi connectivity index (χ1) is 10.5. The quantitative estimate of drug-likeness (QED) is 0.410. The van der Waals surface area contributed by atoms with Gasteiger partial charge in [0.25, 0.3) is 0 Å². The van der Waals surface area contributed by atoms with Gasteiger partial charge >= 0.3 is 0 Å². The summed E-state index contributed by atoms with van der Waals surface area (Å²) >= 11 is 0. The molecule has 0 aliphatic heterocycles. The number of carbonyl (C=O) groups is 1. The molecule has 1 rings (SSSR count). The zero-order chi connectivity index (χ0) is 18.1. The van der Waals surface area contributed by atoms with E-state index in [1.54, 1.807) is 0 Å². The van der Waals surface area contributed by atoms with Crippen LogP contribution in [0.25, 0.3) is 0 Å². The third kappa shape index (κ3) is 13.7. The number of ketones is 1. The first-order valence-electron chi connectivity index (χ1n) is 8.90. The molecular formula is C21H38O2Y-2. The van der Waals surface area contributed by atoms with Gasteiger partial charge < -0.3 is 16.5 Å². The van der Waals surface area contributed by atoms with Crippen molar-refractivity contribution >= 4 is 5.78 Å². The average molecular weight is 411 g/mol. The summed E-state index contributed by atoms with van der Waals surface area (Å²) in [5, 5.41) is 0. The molecule has 2 nitrogen and oxygen atoms in total. The van der Waals surface area contributed by atoms with Crippen molar-refractivity contribution in [2.75, 3.05) is 0 Å². The van der Waals surface area contributed by atoms with Crippen molar-refractivity contribution < 1.29 is 42.2 Å². The topological polar surface area (TPSA) is 26.3 Å². The van der Waals surface area contributed by atoms with Gasteiger partial charge in [0.1, 0.15) is 5.78 Å². The number of hydrogen-bond donors (Lipinski definition) is 0. The molecule has 2 atom stereocenters. The molecule has 139 valence electrons. The van der Waals surface area contributed by atoms with Gasteiger partial charge in [-0.25, -0.2) is 7.11 Å². The Morgan fingerprint density at radius 3 is 2.12 bits per heavy atom. The number of carbonyl (C=O) groups excluding carboxylic acids is 1. The maximum Gasteiger partial charge on any atom is 0.111 e. The molecule has 0 aromatic heterocycles. The SMILES string of the molecule is [CH2-]C(CC(C)(C)C)C(=O)C(C)(C)C.[CH2-]OC1CC/C=C/CCC1.[Y]. The summed E-state index contributed by atoms with van der Waals surface area (Å²) < 4.78 is 5.04. The van der Waals surface area contributed by atoms with Gasteiger partial charge in [-0.05, 0) is 37.5 Å². The summed E-state index contributed by atoms with van der Waals surface area (Å²) in [7, 11) is 3.46. The molecule has 1 radical (unpaired) electrons. The van der Waals surface area contributed by atoms with Crippen LogP contribution in [0, 0.1) is 30.8 Å². The molecule has 0 N–H and O–H groups in total. The average Bonchev–Trinajstić information content (AvgIpc) is 2.35. The number of Topliss-reactive ketones (excluding diaryl/α,β-unsaturated/α-hetero) is 1. The maximum absolute atomic E-state index is 11.8.